The molecule has 0 aliphatic heterocycles. The number of rotatable bonds is 16. The maximum Gasteiger partial charge on any atom is 0.245 e. The zero-order valence-electron chi connectivity index (χ0n) is 21.6. The Kier molecular flexibility index (Phi) is 67.9. The van der Waals surface area contributed by atoms with Crippen molar-refractivity contribution in [3.63, 3.8) is 0 Å². The SMILES string of the molecule is CC.CC.CC.CC.CCCCCCNC(=O)COCCOCCOCCNC. The van der Waals surface area contributed by atoms with Gasteiger partial charge in [-0.25, -0.2) is 0 Å². The number of carbonyl (C=O) groups excluding carboxylic acids is 1. The predicted octanol–water partition coefficient (Wildman–Crippen LogP) is 5.06. The van der Waals surface area contributed by atoms with Crippen LogP contribution < -0.4 is 10.6 Å². The molecule has 0 saturated carbocycles. The number of nitrogens with one attached hydrogen (secondary N) is 2. The van der Waals surface area contributed by atoms with Crippen LogP contribution in [0.4, 0.5) is 0 Å². The molecule has 6 nitrogen and oxygen atoms in total. The molecular formula is C23H56N2O4. The van der Waals surface area contributed by atoms with Gasteiger partial charge in [-0.15, -0.1) is 0 Å². The molecule has 0 bridgehead atoms. The van der Waals surface area contributed by atoms with Gasteiger partial charge in [0.25, 0.3) is 0 Å². The Morgan fingerprint density at radius 3 is 1.62 bits per heavy atom. The van der Waals surface area contributed by atoms with Gasteiger partial charge in [0.2, 0.25) is 5.91 Å². The van der Waals surface area contributed by atoms with Gasteiger partial charge in [-0.05, 0) is 13.5 Å². The Balaban J connectivity index is -0.000000212. The molecule has 0 rings (SSSR count). The minimum Gasteiger partial charge on any atom is -0.378 e. The third-order valence-corrected chi connectivity index (χ3v) is 2.83. The van der Waals surface area contributed by atoms with Crippen molar-refractivity contribution in [1.29, 1.82) is 0 Å². The zero-order valence-corrected chi connectivity index (χ0v) is 21.6. The van der Waals surface area contributed by atoms with Gasteiger partial charge in [-0.2, -0.15) is 0 Å². The Labute approximate surface area is 183 Å². The summed E-state index contributed by atoms with van der Waals surface area (Å²) in [5, 5.41) is 5.84. The van der Waals surface area contributed by atoms with Crippen LogP contribution in [0.3, 0.4) is 0 Å². The van der Waals surface area contributed by atoms with Crippen molar-refractivity contribution >= 4 is 5.91 Å². The number of unbranched alkanes of at least 4 members (excludes halogenated alkanes) is 3. The van der Waals surface area contributed by atoms with E-state index >= 15 is 0 Å². The molecule has 6 heteroatoms. The molecular weight excluding hydrogens is 368 g/mol. The van der Waals surface area contributed by atoms with E-state index in [1.807, 2.05) is 62.4 Å². The van der Waals surface area contributed by atoms with E-state index in [1.54, 1.807) is 0 Å². The number of hydrogen-bond acceptors (Lipinski definition) is 5. The van der Waals surface area contributed by atoms with Gasteiger partial charge in [0.15, 0.2) is 0 Å². The van der Waals surface area contributed by atoms with Crippen molar-refractivity contribution in [2.45, 2.75) is 88.0 Å². The molecule has 29 heavy (non-hydrogen) atoms. The molecule has 0 aliphatic carbocycles. The van der Waals surface area contributed by atoms with Gasteiger partial charge >= 0.3 is 0 Å². The first-order chi connectivity index (χ1) is 14.3. The highest BCUT2D eigenvalue weighted by Gasteiger charge is 2.00. The Morgan fingerprint density at radius 2 is 1.14 bits per heavy atom. The first-order valence-corrected chi connectivity index (χ1v) is 12.0. The van der Waals surface area contributed by atoms with E-state index in [0.717, 1.165) is 19.5 Å². The molecule has 0 aliphatic rings. The van der Waals surface area contributed by atoms with Gasteiger partial charge in [-0.3, -0.25) is 4.79 Å². The van der Waals surface area contributed by atoms with Gasteiger partial charge in [-0.1, -0.05) is 81.6 Å². The monoisotopic (exact) mass is 424 g/mol. The van der Waals surface area contributed by atoms with E-state index in [1.165, 1.54) is 19.3 Å². The van der Waals surface area contributed by atoms with Crippen LogP contribution in [0.2, 0.25) is 0 Å². The number of likely N-dealkylation sites (N-methyl/N-ethyl adjacent to an activating group) is 1. The topological polar surface area (TPSA) is 68.8 Å². The lowest BCUT2D eigenvalue weighted by molar-refractivity contribution is -0.126. The average Bonchev–Trinajstić information content (AvgIpc) is 2.80. The summed E-state index contributed by atoms with van der Waals surface area (Å²) >= 11 is 0. The van der Waals surface area contributed by atoms with Crippen molar-refractivity contribution in [2.75, 3.05) is 59.8 Å². The van der Waals surface area contributed by atoms with Crippen LogP contribution in [0.1, 0.15) is 88.0 Å². The normalized spacial score (nSPS) is 8.62. The molecule has 0 aromatic carbocycles. The molecule has 0 aromatic heterocycles. The Morgan fingerprint density at radius 1 is 0.655 bits per heavy atom. The van der Waals surface area contributed by atoms with Crippen molar-refractivity contribution in [1.82, 2.24) is 10.6 Å². The summed E-state index contributed by atoms with van der Waals surface area (Å²) in [4.78, 5) is 11.4. The first-order valence-electron chi connectivity index (χ1n) is 12.0. The summed E-state index contributed by atoms with van der Waals surface area (Å²) in [7, 11) is 1.89. The van der Waals surface area contributed by atoms with Crippen LogP contribution in [-0.2, 0) is 19.0 Å². The Hall–Kier alpha value is -0.690. The van der Waals surface area contributed by atoms with Crippen LogP contribution in [0.25, 0.3) is 0 Å². The molecule has 2 N–H and O–H groups in total. The Bertz CT molecular complexity index is 231. The zero-order chi connectivity index (χ0) is 23.6. The summed E-state index contributed by atoms with van der Waals surface area (Å²) in [6.45, 7) is 22.6. The van der Waals surface area contributed by atoms with Crippen LogP contribution in [0.15, 0.2) is 0 Å². The first kappa shape index (κ1) is 38.9. The second kappa shape index (κ2) is 50.7. The van der Waals surface area contributed by atoms with Crippen molar-refractivity contribution in [3.8, 4) is 0 Å². The number of carbonyl (C=O) groups is 1. The van der Waals surface area contributed by atoms with E-state index < -0.39 is 0 Å². The van der Waals surface area contributed by atoms with E-state index in [9.17, 15) is 4.79 Å². The van der Waals surface area contributed by atoms with Crippen LogP contribution >= 0.6 is 0 Å². The summed E-state index contributed by atoms with van der Waals surface area (Å²) in [6, 6.07) is 0. The second-order valence-corrected chi connectivity index (χ2v) is 4.79. The molecule has 0 saturated heterocycles. The smallest absolute Gasteiger partial charge is 0.245 e. The van der Waals surface area contributed by atoms with Crippen LogP contribution in [0.5, 0.6) is 0 Å². The van der Waals surface area contributed by atoms with Crippen LogP contribution in [0, 0.1) is 0 Å². The predicted molar refractivity (Wildman–Crippen MR) is 129 cm³/mol. The third-order valence-electron chi connectivity index (χ3n) is 2.83. The molecule has 0 heterocycles. The summed E-state index contributed by atoms with van der Waals surface area (Å²) in [5.74, 6) is -0.0538. The van der Waals surface area contributed by atoms with E-state index in [4.69, 9.17) is 14.2 Å². The standard InChI is InChI=1S/C15H32N2O4.4C2H6/c1-3-4-5-6-7-17-15(18)14-21-13-12-20-11-10-19-9-8-16-2;4*1-2/h16H,3-14H2,1-2H3,(H,17,18);4*1-2H3. The quantitative estimate of drug-likeness (QED) is 0.339. The van der Waals surface area contributed by atoms with E-state index in [2.05, 4.69) is 17.6 Å². The number of hydrogen-bond donors (Lipinski definition) is 2. The molecule has 0 unspecified atom stereocenters. The second-order valence-electron chi connectivity index (χ2n) is 4.79. The molecule has 182 valence electrons. The maximum absolute atomic E-state index is 11.4. The third kappa shape index (κ3) is 52.2. The van der Waals surface area contributed by atoms with Crippen molar-refractivity contribution in [3.05, 3.63) is 0 Å². The summed E-state index contributed by atoms with van der Waals surface area (Å²) in [5.41, 5.74) is 0. The molecule has 0 spiro atoms. The fourth-order valence-corrected chi connectivity index (χ4v) is 1.61. The number of ether oxygens (including phenoxy) is 3. The minimum atomic E-state index is -0.0538. The fraction of sp³-hybridized carbons (Fsp3) is 0.957. The molecule has 0 aromatic rings. The highest BCUT2D eigenvalue weighted by Crippen LogP contribution is 1.96. The fourth-order valence-electron chi connectivity index (χ4n) is 1.61. The lowest BCUT2D eigenvalue weighted by Gasteiger charge is -2.07. The number of amides is 1. The van der Waals surface area contributed by atoms with Gasteiger partial charge in [0, 0.05) is 13.1 Å². The van der Waals surface area contributed by atoms with Crippen molar-refractivity contribution < 1.29 is 19.0 Å². The van der Waals surface area contributed by atoms with E-state index in [-0.39, 0.29) is 12.5 Å². The average molecular weight is 425 g/mol. The summed E-state index contributed by atoms with van der Waals surface area (Å²) < 4.78 is 15.8. The molecule has 0 fully saturated rings. The largest absolute Gasteiger partial charge is 0.378 e. The highest BCUT2D eigenvalue weighted by molar-refractivity contribution is 5.77. The van der Waals surface area contributed by atoms with Crippen molar-refractivity contribution in [2.24, 2.45) is 0 Å². The molecule has 0 atom stereocenters. The summed E-state index contributed by atoms with van der Waals surface area (Å²) in [6.07, 6.45) is 4.64. The van der Waals surface area contributed by atoms with Crippen LogP contribution in [-0.4, -0.2) is 65.7 Å². The lowest BCUT2D eigenvalue weighted by atomic mass is 10.2. The van der Waals surface area contributed by atoms with Gasteiger partial charge in [0.1, 0.15) is 6.61 Å². The van der Waals surface area contributed by atoms with Gasteiger partial charge in [0.05, 0.1) is 33.0 Å². The van der Waals surface area contributed by atoms with E-state index in [0.29, 0.717) is 33.0 Å². The molecule has 0 radical (unpaired) electrons. The highest BCUT2D eigenvalue weighted by atomic mass is 16.5. The molecule has 1 amide bonds. The minimum absolute atomic E-state index is 0.0538. The maximum atomic E-state index is 11.4. The lowest BCUT2D eigenvalue weighted by Crippen LogP contribution is -2.29. The van der Waals surface area contributed by atoms with Gasteiger partial charge < -0.3 is 24.8 Å².